The van der Waals surface area contributed by atoms with Crippen molar-refractivity contribution in [3.8, 4) is 34.0 Å². The quantitative estimate of drug-likeness (QED) is 0.183. The molecule has 0 atom stereocenters. The van der Waals surface area contributed by atoms with Gasteiger partial charge in [0.15, 0.2) is 5.82 Å². The van der Waals surface area contributed by atoms with Gasteiger partial charge in [-0.15, -0.1) is 11.3 Å². The van der Waals surface area contributed by atoms with Gasteiger partial charge in [0.1, 0.15) is 4.83 Å². The maximum absolute atomic E-state index is 5.41. The lowest BCUT2D eigenvalue weighted by atomic mass is 9.74. The molecule has 5 heteroatoms. The Bertz CT molecular complexity index is 3320. The van der Waals surface area contributed by atoms with E-state index in [0.717, 1.165) is 33.4 Å². The van der Waals surface area contributed by atoms with E-state index in [-0.39, 0.29) is 5.41 Å². The molecule has 254 valence electrons. The first-order valence-electron chi connectivity index (χ1n) is 18.5. The molecule has 0 radical (unpaired) electrons. The molecule has 1 aliphatic rings. The number of benzene rings is 7. The molecule has 54 heavy (non-hydrogen) atoms. The molecule has 12 rings (SSSR count). The van der Waals surface area contributed by atoms with E-state index in [4.69, 9.17) is 9.97 Å². The fraction of sp³-hybridized carbons (Fsp3) is 0.0612. The summed E-state index contributed by atoms with van der Waals surface area (Å²) in [5.41, 5.74) is 12.4. The van der Waals surface area contributed by atoms with Crippen LogP contribution in [-0.4, -0.2) is 19.1 Å². The normalized spacial score (nSPS) is 13.5. The maximum Gasteiger partial charge on any atom is 0.160 e. The minimum atomic E-state index is -0.223. The Morgan fingerprint density at radius 1 is 0.519 bits per heavy atom. The molecule has 11 aromatic rings. The second kappa shape index (κ2) is 10.8. The smallest absolute Gasteiger partial charge is 0.160 e. The van der Waals surface area contributed by atoms with E-state index in [1.54, 1.807) is 0 Å². The number of nitrogens with zero attached hydrogens (tertiary/aromatic N) is 4. The van der Waals surface area contributed by atoms with Crippen molar-refractivity contribution >= 4 is 75.3 Å². The lowest BCUT2D eigenvalue weighted by Crippen LogP contribution is -2.26. The van der Waals surface area contributed by atoms with Crippen molar-refractivity contribution in [3.63, 3.8) is 0 Å². The van der Waals surface area contributed by atoms with Crippen molar-refractivity contribution in [3.05, 3.63) is 169 Å². The van der Waals surface area contributed by atoms with Crippen molar-refractivity contribution in [1.82, 2.24) is 19.1 Å². The highest BCUT2D eigenvalue weighted by Gasteiger charge is 2.36. The first kappa shape index (κ1) is 30.0. The average Bonchev–Trinajstić information content (AvgIpc) is 3.87. The molecule has 0 amide bonds. The summed E-state index contributed by atoms with van der Waals surface area (Å²) in [7, 11) is 0. The standard InChI is InChI=1S/C49H32N4S/c1-49(2)37-20-12-19-36-44-35-18-6-10-24-43(35)54-48(44)53(46(36)37)42-26-25-29(28-38(42)49)45-34-17-3-7-21-39(34)50-47(51-45)30-13-11-14-31(27-30)52-40-22-8-4-15-32(40)33-16-5-9-23-41(33)52/h3-28H,1-2H3. The van der Waals surface area contributed by atoms with E-state index >= 15 is 0 Å². The molecule has 0 saturated heterocycles. The fourth-order valence-corrected chi connectivity index (χ4v) is 10.4. The minimum Gasteiger partial charge on any atom is -0.309 e. The van der Waals surface area contributed by atoms with Gasteiger partial charge in [-0.25, -0.2) is 9.97 Å². The number of aromatic nitrogens is 4. The van der Waals surface area contributed by atoms with Crippen LogP contribution in [-0.2, 0) is 5.41 Å². The Morgan fingerprint density at radius 3 is 2.02 bits per heavy atom. The summed E-state index contributed by atoms with van der Waals surface area (Å²) >= 11 is 1.89. The molecule has 0 fully saturated rings. The zero-order chi connectivity index (χ0) is 35.7. The Morgan fingerprint density at radius 2 is 1.20 bits per heavy atom. The van der Waals surface area contributed by atoms with Gasteiger partial charge in [-0.3, -0.25) is 0 Å². The molecule has 5 heterocycles. The number of rotatable bonds is 3. The zero-order valence-electron chi connectivity index (χ0n) is 29.7. The molecular weight excluding hydrogens is 677 g/mol. The van der Waals surface area contributed by atoms with Gasteiger partial charge >= 0.3 is 0 Å². The molecule has 0 bridgehead atoms. The molecule has 1 aliphatic heterocycles. The highest BCUT2D eigenvalue weighted by Crippen LogP contribution is 2.51. The van der Waals surface area contributed by atoms with E-state index in [0.29, 0.717) is 5.82 Å². The van der Waals surface area contributed by atoms with E-state index < -0.39 is 0 Å². The van der Waals surface area contributed by atoms with Gasteiger partial charge in [-0.05, 0) is 59.7 Å². The molecule has 0 unspecified atom stereocenters. The summed E-state index contributed by atoms with van der Waals surface area (Å²) in [6.07, 6.45) is 0. The summed E-state index contributed by atoms with van der Waals surface area (Å²) in [5, 5.41) is 7.55. The Labute approximate surface area is 315 Å². The van der Waals surface area contributed by atoms with Gasteiger partial charge in [0.25, 0.3) is 0 Å². The van der Waals surface area contributed by atoms with Gasteiger partial charge in [0.05, 0.1) is 33.4 Å². The fourth-order valence-electron chi connectivity index (χ4n) is 9.21. The SMILES string of the molecule is CC1(C)c2cc(-c3nc(-c4cccc(-n5c6ccccc6c6ccccc65)c4)nc4ccccc34)ccc2-n2c3sc4ccccc4c3c3cccc1c32. The molecule has 0 aliphatic carbocycles. The first-order valence-corrected chi connectivity index (χ1v) is 19.3. The predicted molar refractivity (Wildman–Crippen MR) is 227 cm³/mol. The highest BCUT2D eigenvalue weighted by atomic mass is 32.1. The van der Waals surface area contributed by atoms with Crippen LogP contribution in [0.25, 0.3) is 97.9 Å². The first-order chi connectivity index (χ1) is 26.5. The van der Waals surface area contributed by atoms with Crippen LogP contribution in [0.15, 0.2) is 158 Å². The number of thiophene rings is 1. The number of hydrogen-bond donors (Lipinski definition) is 0. The molecule has 0 N–H and O–H groups in total. The Balaban J connectivity index is 1.06. The summed E-state index contributed by atoms with van der Waals surface area (Å²) < 4.78 is 6.20. The topological polar surface area (TPSA) is 35.6 Å². The number of hydrogen-bond acceptors (Lipinski definition) is 3. The molecule has 4 aromatic heterocycles. The minimum absolute atomic E-state index is 0.223. The van der Waals surface area contributed by atoms with Crippen LogP contribution >= 0.6 is 11.3 Å². The van der Waals surface area contributed by atoms with Crippen LogP contribution in [0, 0.1) is 0 Å². The Kier molecular flexibility index (Phi) is 5.96. The molecule has 0 saturated carbocycles. The van der Waals surface area contributed by atoms with Gasteiger partial charge < -0.3 is 9.13 Å². The predicted octanol–water partition coefficient (Wildman–Crippen LogP) is 13.0. The van der Waals surface area contributed by atoms with Crippen LogP contribution in [0.1, 0.15) is 25.0 Å². The summed E-state index contributed by atoms with van der Waals surface area (Å²) in [6, 6.07) is 57.0. The third-order valence-corrected chi connectivity index (χ3v) is 12.9. The van der Waals surface area contributed by atoms with E-state index in [9.17, 15) is 0 Å². The van der Waals surface area contributed by atoms with Gasteiger partial charge in [-0.1, -0.05) is 123 Å². The summed E-state index contributed by atoms with van der Waals surface area (Å²) in [5.74, 6) is 0.716. The van der Waals surface area contributed by atoms with Crippen molar-refractivity contribution in [2.24, 2.45) is 0 Å². The number of fused-ring (bicyclic) bond motifs is 11. The van der Waals surface area contributed by atoms with Crippen LogP contribution in [0.5, 0.6) is 0 Å². The van der Waals surface area contributed by atoms with Crippen molar-refractivity contribution in [1.29, 1.82) is 0 Å². The second-order valence-electron chi connectivity index (χ2n) is 15.0. The Hall–Kier alpha value is -6.56. The summed E-state index contributed by atoms with van der Waals surface area (Å²) in [4.78, 5) is 11.9. The second-order valence-corrected chi connectivity index (χ2v) is 16.0. The molecule has 0 spiro atoms. The van der Waals surface area contributed by atoms with Crippen LogP contribution in [0.3, 0.4) is 0 Å². The average molecular weight is 709 g/mol. The lowest BCUT2D eigenvalue weighted by molar-refractivity contribution is 0.630. The maximum atomic E-state index is 5.41. The third kappa shape index (κ3) is 3.97. The van der Waals surface area contributed by atoms with Crippen LogP contribution < -0.4 is 0 Å². The van der Waals surface area contributed by atoms with Gasteiger partial charge in [0, 0.05) is 59.2 Å². The lowest BCUT2D eigenvalue weighted by Gasteiger charge is -2.35. The number of para-hydroxylation sites is 4. The van der Waals surface area contributed by atoms with Crippen molar-refractivity contribution in [2.75, 3.05) is 0 Å². The van der Waals surface area contributed by atoms with Crippen LogP contribution in [0.2, 0.25) is 0 Å². The van der Waals surface area contributed by atoms with Gasteiger partial charge in [0.2, 0.25) is 0 Å². The van der Waals surface area contributed by atoms with Crippen molar-refractivity contribution in [2.45, 2.75) is 19.3 Å². The monoisotopic (exact) mass is 708 g/mol. The van der Waals surface area contributed by atoms with E-state index in [1.807, 2.05) is 11.3 Å². The zero-order valence-corrected chi connectivity index (χ0v) is 30.5. The third-order valence-electron chi connectivity index (χ3n) is 11.7. The molecular formula is C49H32N4S. The summed E-state index contributed by atoms with van der Waals surface area (Å²) in [6.45, 7) is 4.74. The van der Waals surface area contributed by atoms with Crippen LogP contribution in [0.4, 0.5) is 0 Å². The van der Waals surface area contributed by atoms with E-state index in [2.05, 4.69) is 181 Å². The largest absolute Gasteiger partial charge is 0.309 e. The van der Waals surface area contributed by atoms with Crippen molar-refractivity contribution < 1.29 is 0 Å². The molecule has 7 aromatic carbocycles. The highest BCUT2D eigenvalue weighted by molar-refractivity contribution is 7.25. The van der Waals surface area contributed by atoms with Gasteiger partial charge in [-0.2, -0.15) is 0 Å². The molecule has 4 nitrogen and oxygen atoms in total. The van der Waals surface area contributed by atoms with E-state index in [1.165, 1.54) is 69.8 Å².